The number of piperidine rings is 1. The first kappa shape index (κ1) is 10.9. The molecular formula is C11H19NO3. The van der Waals surface area contributed by atoms with Crippen LogP contribution in [0.2, 0.25) is 0 Å². The summed E-state index contributed by atoms with van der Waals surface area (Å²) in [6, 6.07) is 0. The van der Waals surface area contributed by atoms with Crippen molar-refractivity contribution >= 4 is 5.97 Å². The number of nitrogens with one attached hydrogen (secondary N) is 1. The van der Waals surface area contributed by atoms with E-state index in [9.17, 15) is 4.79 Å². The van der Waals surface area contributed by atoms with E-state index >= 15 is 0 Å². The van der Waals surface area contributed by atoms with Crippen molar-refractivity contribution in [3.8, 4) is 0 Å². The summed E-state index contributed by atoms with van der Waals surface area (Å²) in [7, 11) is 0. The van der Waals surface area contributed by atoms with Gasteiger partial charge in [0.1, 0.15) is 11.6 Å². The van der Waals surface area contributed by atoms with Crippen molar-refractivity contribution in [2.75, 3.05) is 19.8 Å². The van der Waals surface area contributed by atoms with Crippen molar-refractivity contribution in [3.63, 3.8) is 0 Å². The Bertz CT molecular complexity index is 230. The van der Waals surface area contributed by atoms with Gasteiger partial charge in [0, 0.05) is 6.42 Å². The normalized spacial score (nSPS) is 36.5. The molecular weight excluding hydrogens is 194 g/mol. The zero-order chi connectivity index (χ0) is 10.7. The first-order valence-corrected chi connectivity index (χ1v) is 5.74. The maximum Gasteiger partial charge on any atom is 0.326 e. The van der Waals surface area contributed by atoms with Crippen LogP contribution in [0.25, 0.3) is 0 Å². The fourth-order valence-corrected chi connectivity index (χ4v) is 2.12. The lowest BCUT2D eigenvalue weighted by Gasteiger charge is -2.33. The van der Waals surface area contributed by atoms with Crippen LogP contribution in [0.5, 0.6) is 0 Å². The molecule has 0 aromatic carbocycles. The van der Waals surface area contributed by atoms with E-state index in [1.807, 2.05) is 6.92 Å². The third kappa shape index (κ3) is 2.49. The molecule has 86 valence electrons. The number of hydrogen-bond acceptors (Lipinski definition) is 4. The van der Waals surface area contributed by atoms with Crippen LogP contribution in [0.15, 0.2) is 0 Å². The summed E-state index contributed by atoms with van der Waals surface area (Å²) in [5, 5.41) is 3.25. The van der Waals surface area contributed by atoms with Crippen molar-refractivity contribution in [2.45, 2.75) is 44.2 Å². The van der Waals surface area contributed by atoms with E-state index in [0.29, 0.717) is 13.2 Å². The molecule has 0 aromatic heterocycles. The predicted molar refractivity (Wildman–Crippen MR) is 55.6 cm³/mol. The first-order chi connectivity index (χ1) is 7.21. The Labute approximate surface area is 90.3 Å². The van der Waals surface area contributed by atoms with Crippen LogP contribution in [0, 0.1) is 0 Å². The molecule has 0 aliphatic carbocycles. The van der Waals surface area contributed by atoms with E-state index < -0.39 is 5.54 Å². The van der Waals surface area contributed by atoms with Gasteiger partial charge >= 0.3 is 5.97 Å². The molecule has 2 aliphatic heterocycles. The molecule has 0 saturated carbocycles. The summed E-state index contributed by atoms with van der Waals surface area (Å²) in [4.78, 5) is 11.9. The Morgan fingerprint density at radius 1 is 1.53 bits per heavy atom. The van der Waals surface area contributed by atoms with E-state index in [4.69, 9.17) is 9.47 Å². The number of carbonyl (C=O) groups is 1. The summed E-state index contributed by atoms with van der Waals surface area (Å²) in [5.41, 5.74) is -0.471. The fourth-order valence-electron chi connectivity index (χ4n) is 2.12. The average Bonchev–Trinajstić information content (AvgIpc) is 2.71. The molecule has 2 rings (SSSR count). The lowest BCUT2D eigenvalue weighted by Crippen LogP contribution is -2.53. The monoisotopic (exact) mass is 213 g/mol. The average molecular weight is 213 g/mol. The van der Waals surface area contributed by atoms with Gasteiger partial charge in [-0.1, -0.05) is 0 Å². The topological polar surface area (TPSA) is 47.6 Å². The molecule has 4 nitrogen and oxygen atoms in total. The molecule has 2 heterocycles. The SMILES string of the molecule is CC1(C(=O)OC2CCOC2)CCCCN1. The minimum atomic E-state index is -0.471. The van der Waals surface area contributed by atoms with Crippen LogP contribution in [0.3, 0.4) is 0 Å². The number of ether oxygens (including phenoxy) is 2. The number of esters is 1. The highest BCUT2D eigenvalue weighted by atomic mass is 16.6. The second-order valence-corrected chi connectivity index (χ2v) is 4.61. The van der Waals surface area contributed by atoms with E-state index in [-0.39, 0.29) is 12.1 Å². The van der Waals surface area contributed by atoms with Gasteiger partial charge in [-0.15, -0.1) is 0 Å². The third-order valence-corrected chi connectivity index (χ3v) is 3.23. The van der Waals surface area contributed by atoms with Crippen molar-refractivity contribution in [1.29, 1.82) is 0 Å². The molecule has 0 bridgehead atoms. The lowest BCUT2D eigenvalue weighted by molar-refractivity contribution is -0.157. The quantitative estimate of drug-likeness (QED) is 0.691. The largest absolute Gasteiger partial charge is 0.458 e. The van der Waals surface area contributed by atoms with Gasteiger partial charge in [-0.3, -0.25) is 4.79 Å². The van der Waals surface area contributed by atoms with Crippen LogP contribution >= 0.6 is 0 Å². The van der Waals surface area contributed by atoms with Crippen molar-refractivity contribution in [3.05, 3.63) is 0 Å². The summed E-state index contributed by atoms with van der Waals surface area (Å²) in [6.45, 7) is 4.11. The molecule has 15 heavy (non-hydrogen) atoms. The predicted octanol–water partition coefficient (Wildman–Crippen LogP) is 0.851. The van der Waals surface area contributed by atoms with Gasteiger partial charge < -0.3 is 14.8 Å². The summed E-state index contributed by atoms with van der Waals surface area (Å²) < 4.78 is 10.6. The maximum absolute atomic E-state index is 11.9. The summed E-state index contributed by atoms with van der Waals surface area (Å²) >= 11 is 0. The maximum atomic E-state index is 11.9. The van der Waals surface area contributed by atoms with Gasteiger partial charge in [0.15, 0.2) is 0 Å². The second kappa shape index (κ2) is 4.49. The summed E-state index contributed by atoms with van der Waals surface area (Å²) in [5.74, 6) is -0.113. The molecule has 1 N–H and O–H groups in total. The van der Waals surface area contributed by atoms with Gasteiger partial charge in [-0.2, -0.15) is 0 Å². The first-order valence-electron chi connectivity index (χ1n) is 5.74. The highest BCUT2D eigenvalue weighted by molar-refractivity contribution is 5.80. The molecule has 4 heteroatoms. The van der Waals surface area contributed by atoms with E-state index in [1.165, 1.54) is 0 Å². The van der Waals surface area contributed by atoms with E-state index in [1.54, 1.807) is 0 Å². The zero-order valence-electron chi connectivity index (χ0n) is 9.25. The molecule has 2 fully saturated rings. The van der Waals surface area contributed by atoms with Gasteiger partial charge in [0.25, 0.3) is 0 Å². The van der Waals surface area contributed by atoms with Gasteiger partial charge in [0.05, 0.1) is 13.2 Å². The fraction of sp³-hybridized carbons (Fsp3) is 0.909. The Morgan fingerprint density at radius 3 is 3.00 bits per heavy atom. The number of hydrogen-bond donors (Lipinski definition) is 1. The van der Waals surface area contributed by atoms with Gasteiger partial charge in [0.2, 0.25) is 0 Å². The molecule has 2 atom stereocenters. The van der Waals surface area contributed by atoms with Gasteiger partial charge in [-0.05, 0) is 32.7 Å². The third-order valence-electron chi connectivity index (χ3n) is 3.23. The van der Waals surface area contributed by atoms with E-state index in [0.717, 1.165) is 32.2 Å². The van der Waals surface area contributed by atoms with Crippen LogP contribution in [0.1, 0.15) is 32.6 Å². The standard InChI is InChI=1S/C11H19NO3/c1-11(5-2-3-6-12-11)10(13)15-9-4-7-14-8-9/h9,12H,2-8H2,1H3. The van der Waals surface area contributed by atoms with Crippen LogP contribution in [-0.4, -0.2) is 37.4 Å². The van der Waals surface area contributed by atoms with Crippen molar-refractivity contribution in [1.82, 2.24) is 5.32 Å². The molecule has 0 spiro atoms. The van der Waals surface area contributed by atoms with E-state index in [2.05, 4.69) is 5.32 Å². The van der Waals surface area contributed by atoms with Gasteiger partial charge in [-0.25, -0.2) is 0 Å². The second-order valence-electron chi connectivity index (χ2n) is 4.61. The molecule has 2 aliphatic rings. The van der Waals surface area contributed by atoms with Crippen LogP contribution in [0.4, 0.5) is 0 Å². The minimum absolute atomic E-state index is 0.0296. The number of rotatable bonds is 2. The van der Waals surface area contributed by atoms with Crippen molar-refractivity contribution in [2.24, 2.45) is 0 Å². The molecule has 0 aromatic rings. The Balaban J connectivity index is 1.87. The zero-order valence-corrected chi connectivity index (χ0v) is 9.25. The smallest absolute Gasteiger partial charge is 0.326 e. The molecule has 0 radical (unpaired) electrons. The lowest BCUT2D eigenvalue weighted by atomic mass is 9.91. The number of carbonyl (C=O) groups excluding carboxylic acids is 1. The van der Waals surface area contributed by atoms with Crippen molar-refractivity contribution < 1.29 is 14.3 Å². The Hall–Kier alpha value is -0.610. The Kier molecular flexibility index (Phi) is 3.26. The molecule has 2 unspecified atom stereocenters. The highest BCUT2D eigenvalue weighted by Crippen LogP contribution is 2.22. The molecule has 2 saturated heterocycles. The summed E-state index contributed by atoms with van der Waals surface area (Å²) in [6.07, 6.45) is 3.93. The molecule has 0 amide bonds. The van der Waals surface area contributed by atoms with Crippen LogP contribution in [-0.2, 0) is 14.3 Å². The van der Waals surface area contributed by atoms with Crippen LogP contribution < -0.4 is 5.32 Å². The Morgan fingerprint density at radius 2 is 2.40 bits per heavy atom. The minimum Gasteiger partial charge on any atom is -0.458 e. The highest BCUT2D eigenvalue weighted by Gasteiger charge is 2.37.